The number of hydrogen-bond donors (Lipinski definition) is 1. The fourth-order valence-corrected chi connectivity index (χ4v) is 2.21. The minimum Gasteiger partial charge on any atom is -0.484 e. The van der Waals surface area contributed by atoms with E-state index in [1.807, 2.05) is 55.5 Å². The van der Waals surface area contributed by atoms with Crippen molar-refractivity contribution >= 4 is 17.5 Å². The van der Waals surface area contributed by atoms with Gasteiger partial charge in [-0.3, -0.25) is 9.59 Å². The molecular weight excluding hydrogens is 316 g/mol. The van der Waals surface area contributed by atoms with E-state index < -0.39 is 0 Å². The van der Waals surface area contributed by atoms with Crippen molar-refractivity contribution in [3.8, 4) is 5.75 Å². The molecule has 0 radical (unpaired) electrons. The Labute approximate surface area is 148 Å². The van der Waals surface area contributed by atoms with Gasteiger partial charge in [-0.15, -0.1) is 0 Å². The Balaban J connectivity index is 1.78. The lowest BCUT2D eigenvalue weighted by molar-refractivity contribution is -0.128. The third kappa shape index (κ3) is 6.30. The van der Waals surface area contributed by atoms with E-state index in [1.165, 1.54) is 0 Å². The van der Waals surface area contributed by atoms with Crippen LogP contribution in [0.2, 0.25) is 0 Å². The second kappa shape index (κ2) is 8.87. The second-order valence-electron chi connectivity index (χ2n) is 6.13. The van der Waals surface area contributed by atoms with Crippen LogP contribution in [0.3, 0.4) is 0 Å². The fourth-order valence-electron chi connectivity index (χ4n) is 2.21. The Morgan fingerprint density at radius 2 is 1.64 bits per heavy atom. The molecule has 0 unspecified atom stereocenters. The molecule has 2 aromatic rings. The zero-order valence-corrected chi connectivity index (χ0v) is 14.9. The first-order chi connectivity index (χ1) is 11.9. The lowest BCUT2D eigenvalue weighted by Crippen LogP contribution is -2.21. The number of rotatable bonds is 7. The molecule has 5 heteroatoms. The van der Waals surface area contributed by atoms with Gasteiger partial charge < -0.3 is 15.0 Å². The van der Waals surface area contributed by atoms with Gasteiger partial charge >= 0.3 is 0 Å². The van der Waals surface area contributed by atoms with E-state index >= 15 is 0 Å². The van der Waals surface area contributed by atoms with Crippen LogP contribution in [-0.2, 0) is 16.0 Å². The van der Waals surface area contributed by atoms with Gasteiger partial charge in [-0.2, -0.15) is 0 Å². The molecule has 1 N–H and O–H groups in total. The molecule has 0 atom stereocenters. The highest BCUT2D eigenvalue weighted by atomic mass is 16.5. The van der Waals surface area contributed by atoms with Gasteiger partial charge in [0, 0.05) is 26.2 Å². The molecule has 0 spiro atoms. The van der Waals surface area contributed by atoms with E-state index in [1.54, 1.807) is 19.0 Å². The zero-order chi connectivity index (χ0) is 18.2. The summed E-state index contributed by atoms with van der Waals surface area (Å²) in [6.07, 6.45) is 1.16. The lowest BCUT2D eigenvalue weighted by Gasteiger charge is -2.10. The zero-order valence-electron chi connectivity index (χ0n) is 14.9. The molecule has 0 heterocycles. The van der Waals surface area contributed by atoms with Crippen molar-refractivity contribution < 1.29 is 14.3 Å². The number of anilines is 1. The van der Waals surface area contributed by atoms with Crippen molar-refractivity contribution in [1.29, 1.82) is 0 Å². The van der Waals surface area contributed by atoms with Gasteiger partial charge in [0.1, 0.15) is 5.75 Å². The van der Waals surface area contributed by atoms with Crippen LogP contribution in [0.1, 0.15) is 17.5 Å². The van der Waals surface area contributed by atoms with E-state index in [0.717, 1.165) is 11.1 Å². The standard InChI is InChI=1S/C20H24N2O3/c1-15-4-11-18(12-5-15)25-14-19(23)21-17-9-6-16(7-10-17)8-13-20(24)22(2)3/h4-7,9-12H,8,13-14H2,1-3H3,(H,21,23). The Morgan fingerprint density at radius 3 is 2.24 bits per heavy atom. The molecule has 0 bridgehead atoms. The van der Waals surface area contributed by atoms with Crippen LogP contribution in [0.4, 0.5) is 5.69 Å². The SMILES string of the molecule is Cc1ccc(OCC(=O)Nc2ccc(CCC(=O)N(C)C)cc2)cc1. The number of amides is 2. The van der Waals surface area contributed by atoms with Crippen LogP contribution in [0, 0.1) is 6.92 Å². The van der Waals surface area contributed by atoms with Gasteiger partial charge in [0.2, 0.25) is 5.91 Å². The smallest absolute Gasteiger partial charge is 0.262 e. The number of nitrogens with one attached hydrogen (secondary N) is 1. The molecule has 2 rings (SSSR count). The minimum atomic E-state index is -0.212. The van der Waals surface area contributed by atoms with Gasteiger partial charge in [-0.1, -0.05) is 29.8 Å². The normalized spacial score (nSPS) is 10.2. The minimum absolute atomic E-state index is 0.0395. The van der Waals surface area contributed by atoms with Crippen LogP contribution in [0.5, 0.6) is 5.75 Å². The summed E-state index contributed by atoms with van der Waals surface area (Å²) in [5.74, 6) is 0.559. The highest BCUT2D eigenvalue weighted by molar-refractivity contribution is 5.91. The first-order valence-corrected chi connectivity index (χ1v) is 8.22. The summed E-state index contributed by atoms with van der Waals surface area (Å²) in [5.41, 5.74) is 2.91. The highest BCUT2D eigenvalue weighted by Gasteiger charge is 2.06. The number of nitrogens with zero attached hydrogens (tertiary/aromatic N) is 1. The van der Waals surface area contributed by atoms with Crippen molar-refractivity contribution in [1.82, 2.24) is 4.90 Å². The molecule has 0 saturated heterocycles. The van der Waals surface area contributed by atoms with Crippen LogP contribution >= 0.6 is 0 Å². The van der Waals surface area contributed by atoms with Gasteiger partial charge in [-0.25, -0.2) is 0 Å². The average Bonchev–Trinajstić information content (AvgIpc) is 2.60. The monoisotopic (exact) mass is 340 g/mol. The molecule has 0 fully saturated rings. The molecule has 0 aliphatic heterocycles. The predicted molar refractivity (Wildman–Crippen MR) is 98.8 cm³/mol. The van der Waals surface area contributed by atoms with E-state index in [9.17, 15) is 9.59 Å². The summed E-state index contributed by atoms with van der Waals surface area (Å²) in [4.78, 5) is 25.1. The highest BCUT2D eigenvalue weighted by Crippen LogP contribution is 2.13. The molecule has 0 aliphatic carbocycles. The van der Waals surface area contributed by atoms with Crippen molar-refractivity contribution in [2.75, 3.05) is 26.0 Å². The van der Waals surface area contributed by atoms with Gasteiger partial charge in [-0.05, 0) is 43.2 Å². The van der Waals surface area contributed by atoms with Crippen LogP contribution in [0.25, 0.3) is 0 Å². The Kier molecular flexibility index (Phi) is 6.57. The third-order valence-electron chi connectivity index (χ3n) is 3.75. The second-order valence-corrected chi connectivity index (χ2v) is 6.13. The Bertz CT molecular complexity index is 707. The molecular formula is C20H24N2O3. The maximum absolute atomic E-state index is 11.9. The van der Waals surface area contributed by atoms with Gasteiger partial charge in [0.15, 0.2) is 6.61 Å². The third-order valence-corrected chi connectivity index (χ3v) is 3.75. The summed E-state index contributed by atoms with van der Waals surface area (Å²) in [5, 5.41) is 2.79. The van der Waals surface area contributed by atoms with Crippen LogP contribution in [0.15, 0.2) is 48.5 Å². The summed E-state index contributed by atoms with van der Waals surface area (Å²) in [6, 6.07) is 15.1. The molecule has 25 heavy (non-hydrogen) atoms. The largest absolute Gasteiger partial charge is 0.484 e. The van der Waals surface area contributed by atoms with E-state index in [0.29, 0.717) is 24.3 Å². The molecule has 0 saturated carbocycles. The molecule has 0 aliphatic rings. The number of carbonyl (C=O) groups is 2. The van der Waals surface area contributed by atoms with E-state index in [-0.39, 0.29) is 18.4 Å². The molecule has 5 nitrogen and oxygen atoms in total. The topological polar surface area (TPSA) is 58.6 Å². The van der Waals surface area contributed by atoms with Crippen LogP contribution in [-0.4, -0.2) is 37.4 Å². The first-order valence-electron chi connectivity index (χ1n) is 8.22. The number of aryl methyl sites for hydroxylation is 2. The van der Waals surface area contributed by atoms with Crippen molar-refractivity contribution in [3.05, 3.63) is 59.7 Å². The summed E-state index contributed by atoms with van der Waals surface area (Å²) in [6.45, 7) is 1.96. The average molecular weight is 340 g/mol. The first kappa shape index (κ1) is 18.5. The molecule has 0 aromatic heterocycles. The lowest BCUT2D eigenvalue weighted by atomic mass is 10.1. The maximum Gasteiger partial charge on any atom is 0.262 e. The Morgan fingerprint density at radius 1 is 1.00 bits per heavy atom. The van der Waals surface area contributed by atoms with Gasteiger partial charge in [0.05, 0.1) is 0 Å². The molecule has 2 amide bonds. The fraction of sp³-hybridized carbons (Fsp3) is 0.300. The molecule has 132 valence electrons. The number of ether oxygens (including phenoxy) is 1. The summed E-state index contributed by atoms with van der Waals surface area (Å²) in [7, 11) is 3.50. The van der Waals surface area contributed by atoms with Crippen molar-refractivity contribution in [2.24, 2.45) is 0 Å². The summed E-state index contributed by atoms with van der Waals surface area (Å²) < 4.78 is 5.45. The number of carbonyl (C=O) groups excluding carboxylic acids is 2. The van der Waals surface area contributed by atoms with Crippen LogP contribution < -0.4 is 10.1 Å². The van der Waals surface area contributed by atoms with E-state index in [2.05, 4.69) is 5.32 Å². The maximum atomic E-state index is 11.9. The molecule has 2 aromatic carbocycles. The Hall–Kier alpha value is -2.82. The van der Waals surface area contributed by atoms with E-state index in [4.69, 9.17) is 4.74 Å². The predicted octanol–water partition coefficient (Wildman–Crippen LogP) is 3.03. The number of hydrogen-bond acceptors (Lipinski definition) is 3. The quantitative estimate of drug-likeness (QED) is 0.843. The summed E-state index contributed by atoms with van der Waals surface area (Å²) >= 11 is 0. The van der Waals surface area contributed by atoms with Gasteiger partial charge in [0.25, 0.3) is 5.91 Å². The van der Waals surface area contributed by atoms with Crippen molar-refractivity contribution in [3.63, 3.8) is 0 Å². The number of benzene rings is 2. The van der Waals surface area contributed by atoms with Crippen molar-refractivity contribution in [2.45, 2.75) is 19.8 Å².